The van der Waals surface area contributed by atoms with Gasteiger partial charge < -0.3 is 24.6 Å². The molecule has 3 aromatic rings. The van der Waals surface area contributed by atoms with Gasteiger partial charge in [0.15, 0.2) is 0 Å². The minimum Gasteiger partial charge on any atom is -0.478 e. The summed E-state index contributed by atoms with van der Waals surface area (Å²) in [5.41, 5.74) is 5.23. The van der Waals surface area contributed by atoms with Crippen molar-refractivity contribution in [3.05, 3.63) is 71.1 Å². The molecule has 3 saturated carbocycles. The number of aromatic carboxylic acids is 1. The van der Waals surface area contributed by atoms with Crippen molar-refractivity contribution in [2.24, 2.45) is 5.41 Å². The number of piperidine rings is 1. The van der Waals surface area contributed by atoms with Gasteiger partial charge in [0.1, 0.15) is 5.76 Å². The number of rotatable bonds is 8. The van der Waals surface area contributed by atoms with E-state index < -0.39 is 5.97 Å². The summed E-state index contributed by atoms with van der Waals surface area (Å²) in [6, 6.07) is 14.6. The number of carboxylic acid groups (broad SMARTS) is 1. The molecule has 5 fully saturated rings. The molecule has 2 bridgehead atoms. The summed E-state index contributed by atoms with van der Waals surface area (Å²) in [7, 11) is 0. The number of nitrogens with one attached hydrogen (secondary N) is 1. The zero-order valence-corrected chi connectivity index (χ0v) is 25.2. The maximum absolute atomic E-state index is 13.6. The maximum Gasteiger partial charge on any atom is 0.336 e. The van der Waals surface area contributed by atoms with Crippen LogP contribution in [-0.2, 0) is 11.3 Å². The third-order valence-electron chi connectivity index (χ3n) is 11.2. The van der Waals surface area contributed by atoms with Gasteiger partial charge in [0.05, 0.1) is 24.0 Å². The lowest BCUT2D eigenvalue weighted by molar-refractivity contribution is -0.0162. The number of ether oxygens (including phenoxy) is 1. The molecule has 2 atom stereocenters. The first-order valence-electron chi connectivity index (χ1n) is 16.6. The average molecular weight is 596 g/mol. The maximum atomic E-state index is 13.6. The molecular formula is C36H41N3O5. The minimum absolute atomic E-state index is 0.104. The van der Waals surface area contributed by atoms with Gasteiger partial charge in [0.25, 0.3) is 0 Å². The van der Waals surface area contributed by atoms with E-state index in [0.29, 0.717) is 35.1 Å². The van der Waals surface area contributed by atoms with Crippen molar-refractivity contribution in [2.75, 3.05) is 5.32 Å². The number of carbonyl (C=O) groups is 2. The zero-order chi connectivity index (χ0) is 29.8. The third-order valence-corrected chi connectivity index (χ3v) is 11.2. The number of carbonyl (C=O) groups excluding carboxylic acids is 1. The van der Waals surface area contributed by atoms with Crippen LogP contribution < -0.4 is 5.32 Å². The number of nitrogens with zero attached hydrogens (tertiary/aromatic N) is 2. The Hall–Kier alpha value is -3.65. The Morgan fingerprint density at radius 1 is 0.932 bits per heavy atom. The van der Waals surface area contributed by atoms with Crippen LogP contribution in [0.25, 0.3) is 11.1 Å². The molecule has 2 aliphatic heterocycles. The van der Waals surface area contributed by atoms with E-state index in [1.165, 1.54) is 56.9 Å². The molecule has 8 heteroatoms. The second kappa shape index (κ2) is 11.1. The molecule has 5 aliphatic rings. The van der Waals surface area contributed by atoms with Gasteiger partial charge in [-0.1, -0.05) is 35.5 Å². The Morgan fingerprint density at radius 3 is 2.32 bits per heavy atom. The van der Waals surface area contributed by atoms with Crippen LogP contribution in [-0.4, -0.2) is 45.4 Å². The summed E-state index contributed by atoms with van der Waals surface area (Å²) < 4.78 is 12.6. The normalized spacial score (nSPS) is 25.7. The Balaban J connectivity index is 0.928. The number of benzene rings is 2. The van der Waals surface area contributed by atoms with E-state index in [2.05, 4.69) is 10.5 Å². The van der Waals surface area contributed by atoms with Gasteiger partial charge in [-0.2, -0.15) is 0 Å². The van der Waals surface area contributed by atoms with Crippen molar-refractivity contribution >= 4 is 17.7 Å². The topological polar surface area (TPSA) is 105 Å². The van der Waals surface area contributed by atoms with Gasteiger partial charge in [-0.3, -0.25) is 0 Å². The van der Waals surface area contributed by atoms with Crippen molar-refractivity contribution in [1.82, 2.24) is 10.1 Å². The fourth-order valence-corrected chi connectivity index (χ4v) is 8.30. The first-order chi connectivity index (χ1) is 21.5. The molecule has 8 rings (SSSR count). The molecule has 0 radical (unpaired) electrons. The fourth-order valence-electron chi connectivity index (χ4n) is 8.30. The standard InChI is InChI=1S/C36H41N3O5/c40-34(41)29-11-8-25(18-30(29)22-4-2-1-3-5-22)37-35(42)39-26-9-10-27(39)20-28(19-26)43-21-31-32(38-44-33(31)24-6-7-24)23-12-14-36(15-13-23)16-17-36/h1-5,8,11,18,23-24,26-28H,6-7,9-10,12-17,19-21H2,(H,37,42)(H,40,41). The molecule has 3 heterocycles. The number of hydrogen-bond acceptors (Lipinski definition) is 5. The second-order valence-corrected chi connectivity index (χ2v) is 14.0. The number of hydrogen-bond donors (Lipinski definition) is 2. The summed E-state index contributed by atoms with van der Waals surface area (Å²) in [6.07, 6.45) is 14.0. The largest absolute Gasteiger partial charge is 0.478 e. The van der Waals surface area contributed by atoms with Crippen LogP contribution in [0.5, 0.6) is 0 Å². The van der Waals surface area contributed by atoms with E-state index in [9.17, 15) is 14.7 Å². The average Bonchev–Trinajstić information content (AvgIpc) is 3.96. The molecule has 230 valence electrons. The molecule has 44 heavy (non-hydrogen) atoms. The molecule has 2 saturated heterocycles. The van der Waals surface area contributed by atoms with Crippen molar-refractivity contribution in [2.45, 2.75) is 114 Å². The lowest BCUT2D eigenvalue weighted by Gasteiger charge is -2.38. The van der Waals surface area contributed by atoms with E-state index in [0.717, 1.165) is 42.7 Å². The minimum atomic E-state index is -0.991. The molecule has 2 amide bonds. The van der Waals surface area contributed by atoms with E-state index in [4.69, 9.17) is 9.26 Å². The molecule has 2 aromatic carbocycles. The number of aromatic nitrogens is 1. The van der Waals surface area contributed by atoms with Crippen molar-refractivity contribution in [3.63, 3.8) is 0 Å². The Kier molecular flexibility index (Phi) is 7.00. The van der Waals surface area contributed by atoms with E-state index in [-0.39, 0.29) is 29.8 Å². The van der Waals surface area contributed by atoms with Crippen LogP contribution in [0, 0.1) is 5.41 Å². The Labute approximate surface area is 258 Å². The van der Waals surface area contributed by atoms with Gasteiger partial charge in [0, 0.05) is 35.2 Å². The highest BCUT2D eigenvalue weighted by atomic mass is 16.5. The van der Waals surface area contributed by atoms with Crippen molar-refractivity contribution < 1.29 is 24.0 Å². The number of anilines is 1. The molecule has 2 N–H and O–H groups in total. The molecule has 1 aromatic heterocycles. The zero-order valence-electron chi connectivity index (χ0n) is 25.2. The molecule has 1 spiro atoms. The lowest BCUT2D eigenvalue weighted by atomic mass is 9.77. The summed E-state index contributed by atoms with van der Waals surface area (Å²) in [5, 5.41) is 17.5. The highest BCUT2D eigenvalue weighted by Crippen LogP contribution is 2.59. The number of amides is 2. The molecule has 8 nitrogen and oxygen atoms in total. The highest BCUT2D eigenvalue weighted by Gasteiger charge is 2.47. The predicted molar refractivity (Wildman–Crippen MR) is 166 cm³/mol. The van der Waals surface area contributed by atoms with Gasteiger partial charge >= 0.3 is 12.0 Å². The quantitative estimate of drug-likeness (QED) is 0.273. The summed E-state index contributed by atoms with van der Waals surface area (Å²) >= 11 is 0. The first kappa shape index (κ1) is 27.9. The van der Waals surface area contributed by atoms with E-state index in [1.807, 2.05) is 35.2 Å². The monoisotopic (exact) mass is 595 g/mol. The van der Waals surface area contributed by atoms with Crippen molar-refractivity contribution in [1.29, 1.82) is 0 Å². The summed E-state index contributed by atoms with van der Waals surface area (Å²) in [5.74, 6) is 1.07. The van der Waals surface area contributed by atoms with Crippen LogP contribution in [0.1, 0.15) is 116 Å². The Bertz CT molecular complexity index is 1530. The third kappa shape index (κ3) is 5.31. The predicted octanol–water partition coefficient (Wildman–Crippen LogP) is 8.10. The van der Waals surface area contributed by atoms with Gasteiger partial charge in [-0.15, -0.1) is 0 Å². The van der Waals surface area contributed by atoms with Crippen molar-refractivity contribution in [3.8, 4) is 11.1 Å². The van der Waals surface area contributed by atoms with E-state index >= 15 is 0 Å². The first-order valence-corrected chi connectivity index (χ1v) is 16.6. The fraction of sp³-hybridized carbons (Fsp3) is 0.528. The van der Waals surface area contributed by atoms with E-state index in [1.54, 1.807) is 18.2 Å². The highest BCUT2D eigenvalue weighted by molar-refractivity contribution is 5.98. The number of carboxylic acids is 1. The summed E-state index contributed by atoms with van der Waals surface area (Å²) in [4.78, 5) is 27.5. The smallest absolute Gasteiger partial charge is 0.336 e. The van der Waals surface area contributed by atoms with Gasteiger partial charge in [0.2, 0.25) is 0 Å². The SMILES string of the molecule is O=C(O)c1ccc(NC(=O)N2C3CCC2CC(OCc2c(C4CCC5(CC4)CC5)noc2C2CC2)C3)cc1-c1ccccc1. The van der Waals surface area contributed by atoms with Crippen LogP contribution in [0.4, 0.5) is 10.5 Å². The molecule has 3 aliphatic carbocycles. The van der Waals surface area contributed by atoms with Crippen LogP contribution in [0.3, 0.4) is 0 Å². The van der Waals surface area contributed by atoms with Crippen LogP contribution in [0.15, 0.2) is 53.1 Å². The number of urea groups is 1. The lowest BCUT2D eigenvalue weighted by Crippen LogP contribution is -2.50. The molecular weight excluding hydrogens is 554 g/mol. The summed E-state index contributed by atoms with van der Waals surface area (Å²) in [6.45, 7) is 0.556. The molecule has 2 unspecified atom stereocenters. The van der Waals surface area contributed by atoms with Gasteiger partial charge in [-0.05, 0) is 112 Å². The van der Waals surface area contributed by atoms with Gasteiger partial charge in [-0.25, -0.2) is 9.59 Å². The number of fused-ring (bicyclic) bond motifs is 2. The van der Waals surface area contributed by atoms with Crippen LogP contribution >= 0.6 is 0 Å². The Morgan fingerprint density at radius 2 is 1.66 bits per heavy atom. The second-order valence-electron chi connectivity index (χ2n) is 14.0. The van der Waals surface area contributed by atoms with Crippen LogP contribution in [0.2, 0.25) is 0 Å².